The molecular formula is C23H22ClFN4O4. The van der Waals surface area contributed by atoms with Crippen LogP contribution in [-0.2, 0) is 9.59 Å². The maximum absolute atomic E-state index is 13.3. The number of piperazine rings is 1. The molecule has 0 bridgehead atoms. The van der Waals surface area contributed by atoms with Gasteiger partial charge in [-0.3, -0.25) is 9.59 Å². The molecule has 1 aliphatic rings. The molecule has 8 nitrogen and oxygen atoms in total. The number of carbonyl (C=O) groups is 2. The molecule has 1 fully saturated rings. The molecule has 3 aromatic rings. The Morgan fingerprint density at radius 3 is 2.76 bits per heavy atom. The van der Waals surface area contributed by atoms with Gasteiger partial charge in [-0.25, -0.2) is 9.37 Å². The zero-order valence-corrected chi connectivity index (χ0v) is 18.9. The van der Waals surface area contributed by atoms with Gasteiger partial charge in [-0.1, -0.05) is 11.6 Å². The molecule has 33 heavy (non-hydrogen) atoms. The fraction of sp³-hybridized carbons (Fsp3) is 0.261. The molecule has 1 saturated heterocycles. The lowest BCUT2D eigenvalue weighted by Crippen LogP contribution is -2.52. The van der Waals surface area contributed by atoms with Gasteiger partial charge in [-0.05, 0) is 30.3 Å². The summed E-state index contributed by atoms with van der Waals surface area (Å²) in [7, 11) is 1.57. The third kappa shape index (κ3) is 5.09. The predicted molar refractivity (Wildman–Crippen MR) is 122 cm³/mol. The zero-order valence-electron chi connectivity index (χ0n) is 18.1. The topological polar surface area (TPSA) is 87.9 Å². The summed E-state index contributed by atoms with van der Waals surface area (Å²) in [4.78, 5) is 32.6. The van der Waals surface area contributed by atoms with Crippen LogP contribution in [0, 0.1) is 12.7 Å². The molecule has 0 aliphatic carbocycles. The number of nitrogens with one attached hydrogen (secondary N) is 1. The number of aromatic nitrogens is 1. The third-order valence-corrected chi connectivity index (χ3v) is 5.58. The summed E-state index contributed by atoms with van der Waals surface area (Å²) in [5.41, 5.74) is 1.96. The molecule has 0 spiro atoms. The molecule has 4 rings (SSSR count). The zero-order chi connectivity index (χ0) is 23.5. The minimum atomic E-state index is -0.568. The Kier molecular flexibility index (Phi) is 6.50. The average Bonchev–Trinajstić information content (AvgIpc) is 3.23. The summed E-state index contributed by atoms with van der Waals surface area (Å²) in [5, 5.41) is 2.55. The molecule has 2 amide bonds. The summed E-state index contributed by atoms with van der Waals surface area (Å²) in [6.07, 6.45) is 1.64. The van der Waals surface area contributed by atoms with E-state index in [2.05, 4.69) is 10.3 Å². The molecular weight excluding hydrogens is 451 g/mol. The number of benzene rings is 2. The maximum atomic E-state index is 13.3. The standard InChI is InChI=1S/C23H22ClFN4O4/c1-14-26-11-21(33-14)17-5-4-16(10-20(17)32-2)28-7-8-29(23(31)13-28)12-22(30)27-15-3-6-19(25)18(24)9-15/h3-6,9-11H,7-8,12-13H2,1-2H3,(H,27,30). The molecule has 0 radical (unpaired) electrons. The van der Waals surface area contributed by atoms with Crippen molar-refractivity contribution in [2.24, 2.45) is 0 Å². The van der Waals surface area contributed by atoms with E-state index in [1.807, 2.05) is 23.1 Å². The molecule has 0 atom stereocenters. The summed E-state index contributed by atoms with van der Waals surface area (Å²) < 4.78 is 24.4. The van der Waals surface area contributed by atoms with Gasteiger partial charge in [-0.2, -0.15) is 0 Å². The second-order valence-electron chi connectivity index (χ2n) is 7.54. The molecule has 0 unspecified atom stereocenters. The van der Waals surface area contributed by atoms with Crippen LogP contribution in [0.2, 0.25) is 5.02 Å². The molecule has 2 aromatic carbocycles. The number of aryl methyl sites for hydroxylation is 1. The molecule has 10 heteroatoms. The van der Waals surface area contributed by atoms with E-state index < -0.39 is 5.82 Å². The lowest BCUT2D eigenvalue weighted by molar-refractivity contribution is -0.134. The number of nitrogens with zero attached hydrogens (tertiary/aromatic N) is 3. The third-order valence-electron chi connectivity index (χ3n) is 5.29. The Labute approximate surface area is 194 Å². The lowest BCUT2D eigenvalue weighted by atomic mass is 10.1. The molecule has 172 valence electrons. The van der Waals surface area contributed by atoms with Gasteiger partial charge in [0.05, 0.1) is 37.0 Å². The SMILES string of the molecule is COc1cc(N2CCN(CC(=O)Nc3ccc(F)c(Cl)c3)C(=O)C2)ccc1-c1cnc(C)o1. The quantitative estimate of drug-likeness (QED) is 0.588. The van der Waals surface area contributed by atoms with E-state index in [1.54, 1.807) is 20.2 Å². The Morgan fingerprint density at radius 2 is 2.09 bits per heavy atom. The number of amides is 2. The van der Waals surface area contributed by atoms with Crippen LogP contribution >= 0.6 is 11.6 Å². The molecule has 0 saturated carbocycles. The highest BCUT2D eigenvalue weighted by molar-refractivity contribution is 6.31. The van der Waals surface area contributed by atoms with Crippen LogP contribution in [0.5, 0.6) is 5.75 Å². The number of hydrogen-bond donors (Lipinski definition) is 1. The number of carbonyl (C=O) groups excluding carboxylic acids is 2. The van der Waals surface area contributed by atoms with Crippen LogP contribution in [0.25, 0.3) is 11.3 Å². The van der Waals surface area contributed by atoms with E-state index in [9.17, 15) is 14.0 Å². The van der Waals surface area contributed by atoms with Gasteiger partial charge >= 0.3 is 0 Å². The first-order valence-corrected chi connectivity index (χ1v) is 10.6. The highest BCUT2D eigenvalue weighted by atomic mass is 35.5. The number of methoxy groups -OCH3 is 1. The van der Waals surface area contributed by atoms with Crippen molar-refractivity contribution < 1.29 is 23.1 Å². The van der Waals surface area contributed by atoms with Crippen molar-refractivity contribution in [2.45, 2.75) is 6.92 Å². The fourth-order valence-electron chi connectivity index (χ4n) is 3.61. The summed E-state index contributed by atoms with van der Waals surface area (Å²) in [6, 6.07) is 9.52. The van der Waals surface area contributed by atoms with E-state index in [0.717, 1.165) is 11.3 Å². The van der Waals surface area contributed by atoms with Crippen molar-refractivity contribution in [3.63, 3.8) is 0 Å². The van der Waals surface area contributed by atoms with Gasteiger partial charge in [0.15, 0.2) is 11.7 Å². The molecule has 1 N–H and O–H groups in total. The Morgan fingerprint density at radius 1 is 1.27 bits per heavy atom. The van der Waals surface area contributed by atoms with E-state index >= 15 is 0 Å². The van der Waals surface area contributed by atoms with Gasteiger partial charge in [0.25, 0.3) is 0 Å². The first-order valence-electron chi connectivity index (χ1n) is 10.2. The van der Waals surface area contributed by atoms with Gasteiger partial charge in [0.2, 0.25) is 11.8 Å². The van der Waals surface area contributed by atoms with Crippen molar-refractivity contribution in [3.05, 3.63) is 59.3 Å². The minimum Gasteiger partial charge on any atom is -0.496 e. The fourth-order valence-corrected chi connectivity index (χ4v) is 3.79. The van der Waals surface area contributed by atoms with Crippen LogP contribution in [0.1, 0.15) is 5.89 Å². The van der Waals surface area contributed by atoms with Gasteiger partial charge in [-0.15, -0.1) is 0 Å². The number of rotatable bonds is 6. The van der Waals surface area contributed by atoms with Gasteiger partial charge in [0, 0.05) is 37.5 Å². The van der Waals surface area contributed by atoms with Crippen molar-refractivity contribution in [3.8, 4) is 17.1 Å². The maximum Gasteiger partial charge on any atom is 0.243 e. The predicted octanol–water partition coefficient (Wildman–Crippen LogP) is 3.74. The highest BCUT2D eigenvalue weighted by Crippen LogP contribution is 2.34. The van der Waals surface area contributed by atoms with Gasteiger partial charge in [0.1, 0.15) is 11.6 Å². The second-order valence-corrected chi connectivity index (χ2v) is 7.95. The van der Waals surface area contributed by atoms with Crippen LogP contribution in [0.3, 0.4) is 0 Å². The molecule has 2 heterocycles. The number of oxazole rings is 1. The van der Waals surface area contributed by atoms with E-state index in [0.29, 0.717) is 36.2 Å². The second kappa shape index (κ2) is 9.50. The number of hydrogen-bond acceptors (Lipinski definition) is 6. The van der Waals surface area contributed by atoms with Crippen LogP contribution in [0.15, 0.2) is 47.0 Å². The van der Waals surface area contributed by atoms with Crippen LogP contribution in [0.4, 0.5) is 15.8 Å². The summed E-state index contributed by atoms with van der Waals surface area (Å²) in [6.45, 7) is 2.71. The van der Waals surface area contributed by atoms with E-state index in [1.165, 1.54) is 23.1 Å². The van der Waals surface area contributed by atoms with E-state index in [-0.39, 0.29) is 29.9 Å². The lowest BCUT2D eigenvalue weighted by Gasteiger charge is -2.35. The minimum absolute atomic E-state index is 0.0858. The van der Waals surface area contributed by atoms with Crippen molar-refractivity contribution in [1.29, 1.82) is 0 Å². The Balaban J connectivity index is 1.39. The van der Waals surface area contributed by atoms with Crippen LogP contribution in [-0.4, -0.2) is 55.0 Å². The highest BCUT2D eigenvalue weighted by Gasteiger charge is 2.26. The monoisotopic (exact) mass is 472 g/mol. The number of halogens is 2. The summed E-state index contributed by atoms with van der Waals surface area (Å²) >= 11 is 5.74. The summed E-state index contributed by atoms with van der Waals surface area (Å²) in [5.74, 6) is 0.641. The smallest absolute Gasteiger partial charge is 0.243 e. The Hall–Kier alpha value is -3.59. The molecule has 1 aromatic heterocycles. The van der Waals surface area contributed by atoms with Crippen molar-refractivity contribution >= 4 is 34.8 Å². The first kappa shape index (κ1) is 22.6. The number of ether oxygens (including phenoxy) is 1. The van der Waals surface area contributed by atoms with E-state index in [4.69, 9.17) is 20.8 Å². The van der Waals surface area contributed by atoms with Crippen LogP contribution < -0.4 is 15.0 Å². The van der Waals surface area contributed by atoms with Crippen molar-refractivity contribution in [2.75, 3.05) is 43.5 Å². The largest absolute Gasteiger partial charge is 0.496 e. The first-order chi connectivity index (χ1) is 15.8. The average molecular weight is 473 g/mol. The number of anilines is 2. The van der Waals surface area contributed by atoms with Gasteiger partial charge < -0.3 is 24.3 Å². The van der Waals surface area contributed by atoms with Crippen molar-refractivity contribution in [1.82, 2.24) is 9.88 Å². The molecule has 1 aliphatic heterocycles. The normalized spacial score (nSPS) is 13.9. The Bertz CT molecular complexity index is 1200.